The molecule has 0 aliphatic heterocycles. The standard InChI is InChI=1S/C14H17ClN2O/c1-9(2)16-8-13-10(3)14(18-17-13)11-5-4-6-12(15)7-11/h4-7,9,16H,8H2,1-3H3. The smallest absolute Gasteiger partial charge is 0.170 e. The molecule has 0 aliphatic rings. The monoisotopic (exact) mass is 264 g/mol. The van der Waals surface area contributed by atoms with Crippen LogP contribution in [0.15, 0.2) is 28.8 Å². The molecule has 2 rings (SSSR count). The van der Waals surface area contributed by atoms with Gasteiger partial charge in [0, 0.05) is 28.7 Å². The van der Waals surface area contributed by atoms with Gasteiger partial charge in [-0.1, -0.05) is 42.7 Å². The molecule has 0 fully saturated rings. The topological polar surface area (TPSA) is 38.1 Å². The van der Waals surface area contributed by atoms with Crippen LogP contribution in [0.5, 0.6) is 0 Å². The van der Waals surface area contributed by atoms with E-state index in [1.165, 1.54) is 0 Å². The molecule has 0 amide bonds. The molecule has 1 aromatic carbocycles. The number of hydrogen-bond acceptors (Lipinski definition) is 3. The lowest BCUT2D eigenvalue weighted by molar-refractivity contribution is 0.417. The molecule has 0 spiro atoms. The van der Waals surface area contributed by atoms with Gasteiger partial charge in [-0.05, 0) is 19.1 Å². The van der Waals surface area contributed by atoms with Crippen molar-refractivity contribution in [1.29, 1.82) is 0 Å². The first-order valence-electron chi connectivity index (χ1n) is 6.02. The Morgan fingerprint density at radius 3 is 2.83 bits per heavy atom. The molecule has 3 nitrogen and oxygen atoms in total. The van der Waals surface area contributed by atoms with Gasteiger partial charge in [0.05, 0.1) is 0 Å². The Balaban J connectivity index is 2.25. The van der Waals surface area contributed by atoms with Crippen molar-refractivity contribution in [3.8, 4) is 11.3 Å². The first-order chi connectivity index (χ1) is 8.58. The van der Waals surface area contributed by atoms with Gasteiger partial charge in [-0.3, -0.25) is 0 Å². The summed E-state index contributed by atoms with van der Waals surface area (Å²) in [6.07, 6.45) is 0. The summed E-state index contributed by atoms with van der Waals surface area (Å²) in [6.45, 7) is 6.94. The van der Waals surface area contributed by atoms with E-state index < -0.39 is 0 Å². The van der Waals surface area contributed by atoms with Gasteiger partial charge in [0.2, 0.25) is 0 Å². The zero-order chi connectivity index (χ0) is 13.1. The Morgan fingerprint density at radius 1 is 1.39 bits per heavy atom. The number of benzene rings is 1. The molecule has 4 heteroatoms. The first kappa shape index (κ1) is 13.1. The van der Waals surface area contributed by atoms with Crippen LogP contribution in [0.1, 0.15) is 25.1 Å². The lowest BCUT2D eigenvalue weighted by Crippen LogP contribution is -2.22. The van der Waals surface area contributed by atoms with Crippen molar-refractivity contribution in [1.82, 2.24) is 10.5 Å². The summed E-state index contributed by atoms with van der Waals surface area (Å²) in [4.78, 5) is 0. The minimum absolute atomic E-state index is 0.427. The highest BCUT2D eigenvalue weighted by Crippen LogP contribution is 2.27. The molecule has 0 saturated heterocycles. The van der Waals surface area contributed by atoms with Gasteiger partial charge < -0.3 is 9.84 Å². The molecule has 18 heavy (non-hydrogen) atoms. The summed E-state index contributed by atoms with van der Waals surface area (Å²) in [5.41, 5.74) is 2.97. The second-order valence-electron chi connectivity index (χ2n) is 4.63. The lowest BCUT2D eigenvalue weighted by Gasteiger charge is -2.05. The summed E-state index contributed by atoms with van der Waals surface area (Å²) < 4.78 is 5.42. The highest BCUT2D eigenvalue weighted by molar-refractivity contribution is 6.30. The Labute approximate surface area is 112 Å². The lowest BCUT2D eigenvalue weighted by atomic mass is 10.1. The maximum atomic E-state index is 5.98. The molecular weight excluding hydrogens is 248 g/mol. The maximum Gasteiger partial charge on any atom is 0.170 e. The Kier molecular flexibility index (Phi) is 4.04. The van der Waals surface area contributed by atoms with Gasteiger partial charge in [-0.2, -0.15) is 0 Å². The summed E-state index contributed by atoms with van der Waals surface area (Å²) in [6, 6.07) is 8.04. The Hall–Kier alpha value is -1.32. The maximum absolute atomic E-state index is 5.98. The minimum atomic E-state index is 0.427. The zero-order valence-electron chi connectivity index (χ0n) is 10.8. The number of halogens is 1. The fraction of sp³-hybridized carbons (Fsp3) is 0.357. The van der Waals surface area contributed by atoms with Gasteiger partial charge >= 0.3 is 0 Å². The van der Waals surface area contributed by atoms with E-state index in [4.69, 9.17) is 16.1 Å². The van der Waals surface area contributed by atoms with Crippen molar-refractivity contribution in [2.45, 2.75) is 33.4 Å². The molecule has 0 saturated carbocycles. The second kappa shape index (κ2) is 5.55. The predicted molar refractivity (Wildman–Crippen MR) is 73.7 cm³/mol. The van der Waals surface area contributed by atoms with E-state index in [-0.39, 0.29) is 0 Å². The minimum Gasteiger partial charge on any atom is -0.356 e. The van der Waals surface area contributed by atoms with E-state index in [1.807, 2.05) is 31.2 Å². The van der Waals surface area contributed by atoms with Crippen LogP contribution in [0.25, 0.3) is 11.3 Å². The van der Waals surface area contributed by atoms with Crippen molar-refractivity contribution in [2.75, 3.05) is 0 Å². The normalized spacial score (nSPS) is 11.2. The molecule has 1 N–H and O–H groups in total. The van der Waals surface area contributed by atoms with Crippen molar-refractivity contribution in [3.63, 3.8) is 0 Å². The highest BCUT2D eigenvalue weighted by atomic mass is 35.5. The van der Waals surface area contributed by atoms with Crippen LogP contribution in [-0.4, -0.2) is 11.2 Å². The van der Waals surface area contributed by atoms with E-state index in [0.717, 1.165) is 22.6 Å². The average Bonchev–Trinajstić information content (AvgIpc) is 2.68. The van der Waals surface area contributed by atoms with Gasteiger partial charge in [0.1, 0.15) is 5.69 Å². The van der Waals surface area contributed by atoms with E-state index >= 15 is 0 Å². The van der Waals surface area contributed by atoms with E-state index in [9.17, 15) is 0 Å². The van der Waals surface area contributed by atoms with Crippen molar-refractivity contribution >= 4 is 11.6 Å². The van der Waals surface area contributed by atoms with Gasteiger partial charge in [-0.25, -0.2) is 0 Å². The Bertz CT molecular complexity index is 534. The SMILES string of the molecule is Cc1c(CNC(C)C)noc1-c1cccc(Cl)c1. The molecular formula is C14H17ClN2O. The fourth-order valence-corrected chi connectivity index (χ4v) is 1.92. The molecule has 0 bridgehead atoms. The van der Waals surface area contributed by atoms with E-state index in [1.54, 1.807) is 0 Å². The van der Waals surface area contributed by atoms with Gasteiger partial charge in [0.15, 0.2) is 5.76 Å². The molecule has 1 aromatic heterocycles. The number of hydrogen-bond donors (Lipinski definition) is 1. The number of aromatic nitrogens is 1. The van der Waals surface area contributed by atoms with Crippen molar-refractivity contribution < 1.29 is 4.52 Å². The first-order valence-corrected chi connectivity index (χ1v) is 6.40. The largest absolute Gasteiger partial charge is 0.356 e. The van der Waals surface area contributed by atoms with E-state index in [0.29, 0.717) is 17.6 Å². The second-order valence-corrected chi connectivity index (χ2v) is 5.07. The van der Waals surface area contributed by atoms with Crippen molar-refractivity contribution in [2.24, 2.45) is 0 Å². The fourth-order valence-electron chi connectivity index (χ4n) is 1.73. The molecule has 0 radical (unpaired) electrons. The Morgan fingerprint density at radius 2 is 2.17 bits per heavy atom. The van der Waals surface area contributed by atoms with Gasteiger partial charge in [-0.15, -0.1) is 0 Å². The van der Waals surface area contributed by atoms with Crippen LogP contribution < -0.4 is 5.32 Å². The van der Waals surface area contributed by atoms with Crippen molar-refractivity contribution in [3.05, 3.63) is 40.5 Å². The third-order valence-electron chi connectivity index (χ3n) is 2.79. The van der Waals surface area contributed by atoms with E-state index in [2.05, 4.69) is 24.3 Å². The number of rotatable bonds is 4. The van der Waals surface area contributed by atoms with Crippen LogP contribution >= 0.6 is 11.6 Å². The third kappa shape index (κ3) is 2.92. The zero-order valence-corrected chi connectivity index (χ0v) is 11.6. The van der Waals surface area contributed by atoms with Crippen LogP contribution in [0.2, 0.25) is 5.02 Å². The van der Waals surface area contributed by atoms with Crippen LogP contribution in [0.3, 0.4) is 0 Å². The number of nitrogens with zero attached hydrogens (tertiary/aromatic N) is 1. The molecule has 0 unspecified atom stereocenters. The summed E-state index contributed by atoms with van der Waals surface area (Å²) >= 11 is 5.98. The third-order valence-corrected chi connectivity index (χ3v) is 3.02. The molecule has 0 atom stereocenters. The van der Waals surface area contributed by atoms with Crippen LogP contribution in [-0.2, 0) is 6.54 Å². The number of nitrogens with one attached hydrogen (secondary N) is 1. The molecule has 2 aromatic rings. The average molecular weight is 265 g/mol. The molecule has 1 heterocycles. The predicted octanol–water partition coefficient (Wildman–Crippen LogP) is 3.80. The quantitative estimate of drug-likeness (QED) is 0.913. The summed E-state index contributed by atoms with van der Waals surface area (Å²) in [5, 5.41) is 8.14. The molecule has 0 aliphatic carbocycles. The van der Waals surface area contributed by atoms with Gasteiger partial charge in [0.25, 0.3) is 0 Å². The molecule has 96 valence electrons. The summed E-state index contributed by atoms with van der Waals surface area (Å²) in [7, 11) is 0. The summed E-state index contributed by atoms with van der Waals surface area (Å²) in [5.74, 6) is 0.790. The van der Waals surface area contributed by atoms with Crippen LogP contribution in [0.4, 0.5) is 0 Å². The highest BCUT2D eigenvalue weighted by Gasteiger charge is 2.13. The van der Waals surface area contributed by atoms with Crippen LogP contribution in [0, 0.1) is 6.92 Å².